The molecule has 3 N–H and O–H groups in total. The minimum atomic E-state index is -1.18. The van der Waals surface area contributed by atoms with Crippen LogP contribution in [0.15, 0.2) is 41.3 Å². The second kappa shape index (κ2) is 8.52. The maximum Gasteiger partial charge on any atom is 0.347 e. The first-order chi connectivity index (χ1) is 14.4. The third-order valence-corrected chi connectivity index (χ3v) is 4.34. The molecule has 0 aliphatic carbocycles. The highest BCUT2D eigenvalue weighted by molar-refractivity contribution is 6.02. The Bertz CT molecular complexity index is 1190. The Kier molecular flexibility index (Phi) is 5.86. The molecular weight excluding hydrogens is 394 g/mol. The largest absolute Gasteiger partial charge is 0.506 e. The number of rotatable bonds is 6. The van der Waals surface area contributed by atoms with Crippen molar-refractivity contribution < 1.29 is 29.4 Å². The quantitative estimate of drug-likeness (QED) is 0.408. The van der Waals surface area contributed by atoms with Crippen molar-refractivity contribution in [2.45, 2.75) is 13.5 Å². The van der Waals surface area contributed by atoms with Gasteiger partial charge in [0.1, 0.15) is 11.5 Å². The monoisotopic (exact) mass is 413 g/mol. The van der Waals surface area contributed by atoms with Gasteiger partial charge in [0.05, 0.1) is 24.7 Å². The second-order valence-electron chi connectivity index (χ2n) is 6.15. The summed E-state index contributed by atoms with van der Waals surface area (Å²) in [6.07, 6.45) is 1.13. The lowest BCUT2D eigenvalue weighted by Crippen LogP contribution is -2.27. The van der Waals surface area contributed by atoms with Gasteiger partial charge < -0.3 is 25.1 Å². The Balaban J connectivity index is 1.96. The topological polar surface area (TPSA) is 140 Å². The number of benzene rings is 1. The van der Waals surface area contributed by atoms with Gasteiger partial charge in [-0.05, 0) is 19.1 Å². The molecule has 10 heteroatoms. The Morgan fingerprint density at radius 1 is 1.27 bits per heavy atom. The number of methoxy groups -OCH3 is 1. The molecule has 0 bridgehead atoms. The van der Waals surface area contributed by atoms with Crippen molar-refractivity contribution in [3.05, 3.63) is 63.6 Å². The van der Waals surface area contributed by atoms with Gasteiger partial charge in [0, 0.05) is 18.3 Å². The maximum atomic E-state index is 12.5. The van der Waals surface area contributed by atoms with Crippen molar-refractivity contribution in [2.24, 2.45) is 0 Å². The number of hydrogen-bond acceptors (Lipinski definition) is 8. The first kappa shape index (κ1) is 20.6. The van der Waals surface area contributed by atoms with Crippen molar-refractivity contribution in [3.63, 3.8) is 0 Å². The minimum Gasteiger partial charge on any atom is -0.506 e. The number of ether oxygens (including phenoxy) is 2. The zero-order valence-electron chi connectivity index (χ0n) is 16.2. The summed E-state index contributed by atoms with van der Waals surface area (Å²) in [6, 6.07) is 8.37. The van der Waals surface area contributed by atoms with E-state index in [2.05, 4.69) is 10.3 Å². The van der Waals surface area contributed by atoms with Crippen LogP contribution in [0.5, 0.6) is 11.5 Å². The average Bonchev–Trinajstić information content (AvgIpc) is 2.76. The van der Waals surface area contributed by atoms with Crippen LogP contribution in [0.25, 0.3) is 11.0 Å². The number of hydrogen-bond donors (Lipinski definition) is 3. The molecule has 3 rings (SSSR count). The minimum absolute atomic E-state index is 0.0369. The molecule has 0 unspecified atom stereocenters. The predicted molar refractivity (Wildman–Crippen MR) is 105 cm³/mol. The molecule has 156 valence electrons. The molecule has 30 heavy (non-hydrogen) atoms. The summed E-state index contributed by atoms with van der Waals surface area (Å²) < 4.78 is 10.1. The standard InChI is InChI=1S/C20H19N3O7/c1-3-30-20(27)15-16(24)13-8-12(10-21-17(13)23(28)19(15)26)18(25)22-9-11-6-4-5-7-14(11)29-2/h4-8,10,24,28H,3,9H2,1-2H3,(H,22,25). The number of pyridine rings is 2. The third-order valence-electron chi connectivity index (χ3n) is 4.34. The van der Waals surface area contributed by atoms with Gasteiger partial charge >= 0.3 is 11.5 Å². The van der Waals surface area contributed by atoms with E-state index in [1.807, 2.05) is 0 Å². The highest BCUT2D eigenvalue weighted by atomic mass is 16.5. The van der Waals surface area contributed by atoms with Crippen molar-refractivity contribution in [2.75, 3.05) is 13.7 Å². The normalized spacial score (nSPS) is 10.6. The van der Waals surface area contributed by atoms with Crippen molar-refractivity contribution in [1.82, 2.24) is 15.0 Å². The van der Waals surface area contributed by atoms with E-state index in [1.165, 1.54) is 20.1 Å². The van der Waals surface area contributed by atoms with Crippen LogP contribution in [0.3, 0.4) is 0 Å². The number of carbonyl (C=O) groups is 2. The molecule has 0 saturated heterocycles. The van der Waals surface area contributed by atoms with E-state index in [9.17, 15) is 24.7 Å². The molecule has 2 aromatic heterocycles. The van der Waals surface area contributed by atoms with E-state index in [-0.39, 0.29) is 34.5 Å². The molecule has 0 spiro atoms. The molecule has 1 amide bonds. The van der Waals surface area contributed by atoms with Gasteiger partial charge in [-0.25, -0.2) is 9.78 Å². The number of fused-ring (bicyclic) bond motifs is 1. The number of aromatic hydroxyl groups is 1. The smallest absolute Gasteiger partial charge is 0.347 e. The van der Waals surface area contributed by atoms with Gasteiger partial charge in [-0.2, -0.15) is 0 Å². The first-order valence-corrected chi connectivity index (χ1v) is 8.93. The van der Waals surface area contributed by atoms with Gasteiger partial charge in [-0.15, -0.1) is 4.73 Å². The summed E-state index contributed by atoms with van der Waals surface area (Å²) in [5.41, 5.74) is -1.45. The van der Waals surface area contributed by atoms with Crippen LogP contribution in [0.1, 0.15) is 33.2 Å². The van der Waals surface area contributed by atoms with Crippen molar-refractivity contribution >= 4 is 22.9 Å². The van der Waals surface area contributed by atoms with Gasteiger partial charge in [0.15, 0.2) is 11.2 Å². The van der Waals surface area contributed by atoms with Crippen molar-refractivity contribution in [1.29, 1.82) is 0 Å². The summed E-state index contributed by atoms with van der Waals surface area (Å²) in [4.78, 5) is 40.6. The second-order valence-corrected chi connectivity index (χ2v) is 6.15. The van der Waals surface area contributed by atoms with Crippen LogP contribution in [-0.2, 0) is 11.3 Å². The number of esters is 1. The molecular formula is C20H19N3O7. The number of para-hydroxylation sites is 1. The van der Waals surface area contributed by atoms with Crippen molar-refractivity contribution in [3.8, 4) is 11.5 Å². The molecule has 0 fully saturated rings. The highest BCUT2D eigenvalue weighted by Crippen LogP contribution is 2.26. The molecule has 2 heterocycles. The molecule has 0 aliphatic heterocycles. The molecule has 0 saturated carbocycles. The zero-order valence-corrected chi connectivity index (χ0v) is 16.2. The summed E-state index contributed by atoms with van der Waals surface area (Å²) in [6.45, 7) is 1.66. The fourth-order valence-electron chi connectivity index (χ4n) is 2.88. The van der Waals surface area contributed by atoms with Crippen LogP contribution in [0.2, 0.25) is 0 Å². The van der Waals surface area contributed by atoms with Gasteiger partial charge in [-0.3, -0.25) is 9.59 Å². The fraction of sp³-hybridized carbons (Fsp3) is 0.200. The summed E-state index contributed by atoms with van der Waals surface area (Å²) in [7, 11) is 1.52. The Labute approximate surface area is 170 Å². The highest BCUT2D eigenvalue weighted by Gasteiger charge is 2.25. The lowest BCUT2D eigenvalue weighted by atomic mass is 10.1. The van der Waals surface area contributed by atoms with Crippen LogP contribution in [-0.4, -0.2) is 45.6 Å². The molecule has 10 nitrogen and oxygen atoms in total. The van der Waals surface area contributed by atoms with Crippen LogP contribution >= 0.6 is 0 Å². The predicted octanol–water partition coefficient (Wildman–Crippen LogP) is 1.45. The summed E-state index contributed by atoms with van der Waals surface area (Å²) in [5.74, 6) is -1.75. The van der Waals surface area contributed by atoms with E-state index < -0.39 is 28.7 Å². The van der Waals surface area contributed by atoms with Gasteiger partial charge in [0.25, 0.3) is 5.91 Å². The Hall–Kier alpha value is -4.08. The van der Waals surface area contributed by atoms with Gasteiger partial charge in [-0.1, -0.05) is 18.2 Å². The van der Waals surface area contributed by atoms with E-state index >= 15 is 0 Å². The number of nitrogens with zero attached hydrogens (tertiary/aromatic N) is 2. The molecule has 3 aromatic rings. The Morgan fingerprint density at radius 2 is 2.00 bits per heavy atom. The molecule has 0 radical (unpaired) electrons. The maximum absolute atomic E-state index is 12.5. The van der Waals surface area contributed by atoms with E-state index in [1.54, 1.807) is 24.3 Å². The summed E-state index contributed by atoms with van der Waals surface area (Å²) in [5, 5.41) is 23.0. The fourth-order valence-corrected chi connectivity index (χ4v) is 2.88. The number of nitrogens with one attached hydrogen (secondary N) is 1. The molecule has 0 aliphatic rings. The third kappa shape index (κ3) is 3.75. The van der Waals surface area contributed by atoms with Crippen LogP contribution in [0, 0.1) is 0 Å². The van der Waals surface area contributed by atoms with E-state index in [0.717, 1.165) is 11.8 Å². The van der Waals surface area contributed by atoms with Crippen LogP contribution < -0.4 is 15.6 Å². The lowest BCUT2D eigenvalue weighted by molar-refractivity contribution is 0.0515. The zero-order chi connectivity index (χ0) is 21.8. The van der Waals surface area contributed by atoms with Crippen LogP contribution in [0.4, 0.5) is 0 Å². The number of aromatic nitrogens is 2. The summed E-state index contributed by atoms with van der Waals surface area (Å²) >= 11 is 0. The number of carbonyl (C=O) groups excluding carboxylic acids is 2. The molecule has 1 aromatic carbocycles. The molecule has 0 atom stereocenters. The first-order valence-electron chi connectivity index (χ1n) is 8.93. The lowest BCUT2D eigenvalue weighted by Gasteiger charge is -2.11. The van der Waals surface area contributed by atoms with Gasteiger partial charge in [0.2, 0.25) is 0 Å². The Morgan fingerprint density at radius 3 is 2.70 bits per heavy atom. The van der Waals surface area contributed by atoms with E-state index in [0.29, 0.717) is 5.75 Å². The average molecular weight is 413 g/mol. The van der Waals surface area contributed by atoms with E-state index in [4.69, 9.17) is 9.47 Å². The number of amides is 1. The SMILES string of the molecule is CCOC(=O)c1c(O)c2cc(C(=O)NCc3ccccc3OC)cnc2n(O)c1=O.